The molecule has 3 amide bonds. The van der Waals surface area contributed by atoms with E-state index in [-0.39, 0.29) is 30.4 Å². The standard InChI is InChI=1S/C29H35N3O6/c1-20-5-3-6-22(17-20)27(34)31-14-12-29(13-15-31)32(28(35)21-8-10-23(36-2)11-9-21)25(19-38-29)26(33)30-18-24-7-4-16-37-24/h3,5-6,8-11,17,24-25H,4,7,12-16,18-19H2,1-2H3,(H,30,33)/t24-,25-/m0/s1. The van der Waals surface area contributed by atoms with Gasteiger partial charge in [-0.25, -0.2) is 0 Å². The van der Waals surface area contributed by atoms with E-state index in [0.29, 0.717) is 56.0 Å². The van der Waals surface area contributed by atoms with Crippen molar-refractivity contribution in [2.45, 2.75) is 50.5 Å². The van der Waals surface area contributed by atoms with E-state index >= 15 is 0 Å². The maximum absolute atomic E-state index is 13.9. The molecule has 3 aliphatic heterocycles. The van der Waals surface area contributed by atoms with Crippen molar-refractivity contribution in [1.29, 1.82) is 0 Å². The first-order valence-electron chi connectivity index (χ1n) is 13.3. The number of benzene rings is 2. The van der Waals surface area contributed by atoms with Gasteiger partial charge in [0, 0.05) is 50.2 Å². The number of piperidine rings is 1. The molecule has 3 saturated heterocycles. The average molecular weight is 522 g/mol. The number of carbonyl (C=O) groups excluding carboxylic acids is 3. The summed E-state index contributed by atoms with van der Waals surface area (Å²) in [6.07, 6.45) is 2.72. The fourth-order valence-corrected chi connectivity index (χ4v) is 5.60. The third kappa shape index (κ3) is 5.26. The van der Waals surface area contributed by atoms with Crippen molar-refractivity contribution in [3.63, 3.8) is 0 Å². The predicted molar refractivity (Wildman–Crippen MR) is 140 cm³/mol. The molecule has 2 aromatic carbocycles. The van der Waals surface area contributed by atoms with Crippen LogP contribution in [0.2, 0.25) is 0 Å². The third-order valence-electron chi connectivity index (χ3n) is 7.74. The van der Waals surface area contributed by atoms with E-state index in [1.165, 1.54) is 0 Å². The summed E-state index contributed by atoms with van der Waals surface area (Å²) >= 11 is 0. The van der Waals surface area contributed by atoms with Crippen molar-refractivity contribution in [2.75, 3.05) is 40.0 Å². The van der Waals surface area contributed by atoms with Crippen LogP contribution in [0.3, 0.4) is 0 Å². The molecular weight excluding hydrogens is 486 g/mol. The van der Waals surface area contributed by atoms with Gasteiger partial charge < -0.3 is 24.4 Å². The number of carbonyl (C=O) groups is 3. The van der Waals surface area contributed by atoms with Gasteiger partial charge in [-0.05, 0) is 56.2 Å². The maximum Gasteiger partial charge on any atom is 0.256 e. The van der Waals surface area contributed by atoms with Crippen LogP contribution in [0.4, 0.5) is 0 Å². The first-order valence-corrected chi connectivity index (χ1v) is 13.3. The third-order valence-corrected chi connectivity index (χ3v) is 7.74. The van der Waals surface area contributed by atoms with Gasteiger partial charge in [-0.15, -0.1) is 0 Å². The van der Waals surface area contributed by atoms with Gasteiger partial charge in [-0.1, -0.05) is 17.7 Å². The molecule has 9 heteroatoms. The van der Waals surface area contributed by atoms with Crippen LogP contribution < -0.4 is 10.1 Å². The lowest BCUT2D eigenvalue weighted by Crippen LogP contribution is -2.60. The second-order valence-electron chi connectivity index (χ2n) is 10.2. The topological polar surface area (TPSA) is 97.4 Å². The van der Waals surface area contributed by atoms with Gasteiger partial charge in [-0.2, -0.15) is 0 Å². The van der Waals surface area contributed by atoms with Gasteiger partial charge in [0.1, 0.15) is 17.5 Å². The fraction of sp³-hybridized carbons (Fsp3) is 0.483. The second kappa shape index (κ2) is 11.1. The number of ether oxygens (including phenoxy) is 3. The first-order chi connectivity index (χ1) is 18.4. The highest BCUT2D eigenvalue weighted by Gasteiger charge is 2.54. The summed E-state index contributed by atoms with van der Waals surface area (Å²) in [5, 5.41) is 2.97. The monoisotopic (exact) mass is 521 g/mol. The first kappa shape index (κ1) is 26.2. The second-order valence-corrected chi connectivity index (χ2v) is 10.2. The molecule has 9 nitrogen and oxygen atoms in total. The Labute approximate surface area is 223 Å². The Morgan fingerprint density at radius 3 is 2.47 bits per heavy atom. The highest BCUT2D eigenvalue weighted by Crippen LogP contribution is 2.39. The van der Waals surface area contributed by atoms with Gasteiger partial charge in [-0.3, -0.25) is 19.3 Å². The minimum atomic E-state index is -0.966. The quantitative estimate of drug-likeness (QED) is 0.628. The summed E-state index contributed by atoms with van der Waals surface area (Å²) in [7, 11) is 1.57. The highest BCUT2D eigenvalue weighted by molar-refractivity contribution is 5.99. The van der Waals surface area contributed by atoms with Gasteiger partial charge in [0.25, 0.3) is 11.8 Å². The van der Waals surface area contributed by atoms with Crippen LogP contribution in [0.1, 0.15) is 52.0 Å². The zero-order valence-electron chi connectivity index (χ0n) is 22.0. The number of hydrogen-bond acceptors (Lipinski definition) is 6. The Balaban J connectivity index is 1.35. The van der Waals surface area contributed by atoms with Crippen LogP contribution in [0.25, 0.3) is 0 Å². The van der Waals surface area contributed by atoms with Gasteiger partial charge in [0.15, 0.2) is 0 Å². The summed E-state index contributed by atoms with van der Waals surface area (Å²) in [6, 6.07) is 13.6. The van der Waals surface area contributed by atoms with Crippen molar-refractivity contribution in [3.8, 4) is 5.75 Å². The van der Waals surface area contributed by atoms with Crippen molar-refractivity contribution >= 4 is 17.7 Å². The van der Waals surface area contributed by atoms with Crippen LogP contribution in [0, 0.1) is 6.92 Å². The molecule has 1 N–H and O–H groups in total. The molecule has 0 unspecified atom stereocenters. The lowest BCUT2D eigenvalue weighted by Gasteiger charge is -2.44. The number of hydrogen-bond donors (Lipinski definition) is 1. The molecule has 0 bridgehead atoms. The predicted octanol–water partition coefficient (Wildman–Crippen LogP) is 2.77. The van der Waals surface area contributed by atoms with Crippen LogP contribution in [-0.4, -0.2) is 85.3 Å². The van der Waals surface area contributed by atoms with E-state index in [2.05, 4.69) is 5.32 Å². The number of aryl methyl sites for hydroxylation is 1. The van der Waals surface area contributed by atoms with Crippen LogP contribution in [0.5, 0.6) is 5.75 Å². The van der Waals surface area contributed by atoms with Gasteiger partial charge in [0.05, 0.1) is 19.8 Å². The number of rotatable bonds is 6. The molecular formula is C29H35N3O6. The minimum Gasteiger partial charge on any atom is -0.497 e. The maximum atomic E-state index is 13.9. The van der Waals surface area contributed by atoms with Crippen molar-refractivity contribution < 1.29 is 28.6 Å². The summed E-state index contributed by atoms with van der Waals surface area (Å²) < 4.78 is 17.2. The Morgan fingerprint density at radius 2 is 1.82 bits per heavy atom. The summed E-state index contributed by atoms with van der Waals surface area (Å²) in [5.74, 6) is 0.0709. The number of amides is 3. The summed E-state index contributed by atoms with van der Waals surface area (Å²) in [6.45, 7) is 4.01. The Hall–Kier alpha value is -3.43. The van der Waals surface area contributed by atoms with Crippen molar-refractivity contribution in [1.82, 2.24) is 15.1 Å². The Bertz CT molecular complexity index is 1170. The highest BCUT2D eigenvalue weighted by atomic mass is 16.5. The largest absolute Gasteiger partial charge is 0.497 e. The summed E-state index contributed by atoms with van der Waals surface area (Å²) in [5.41, 5.74) is 1.15. The number of likely N-dealkylation sites (tertiary alicyclic amines) is 1. The summed E-state index contributed by atoms with van der Waals surface area (Å²) in [4.78, 5) is 43.8. The molecule has 0 saturated carbocycles. The zero-order valence-corrected chi connectivity index (χ0v) is 22.0. The Kier molecular flexibility index (Phi) is 7.67. The van der Waals surface area contributed by atoms with E-state index in [1.54, 1.807) is 41.2 Å². The molecule has 0 aromatic heterocycles. The number of methoxy groups -OCH3 is 1. The molecule has 0 radical (unpaired) electrons. The van der Waals surface area contributed by atoms with Gasteiger partial charge in [0.2, 0.25) is 5.91 Å². The molecule has 38 heavy (non-hydrogen) atoms. The lowest BCUT2D eigenvalue weighted by molar-refractivity contribution is -0.128. The van der Waals surface area contributed by atoms with Crippen molar-refractivity contribution in [2.24, 2.45) is 0 Å². The van der Waals surface area contributed by atoms with Crippen LogP contribution in [0.15, 0.2) is 48.5 Å². The molecule has 2 atom stereocenters. The molecule has 1 spiro atoms. The Morgan fingerprint density at radius 1 is 1.05 bits per heavy atom. The normalized spacial score (nSPS) is 22.5. The van der Waals surface area contributed by atoms with Gasteiger partial charge >= 0.3 is 0 Å². The molecule has 3 heterocycles. The molecule has 3 fully saturated rings. The van der Waals surface area contributed by atoms with E-state index < -0.39 is 11.8 Å². The smallest absolute Gasteiger partial charge is 0.256 e. The number of nitrogens with zero attached hydrogens (tertiary/aromatic N) is 2. The van der Waals surface area contributed by atoms with E-state index in [0.717, 1.165) is 18.4 Å². The number of nitrogens with one attached hydrogen (secondary N) is 1. The SMILES string of the molecule is COc1ccc(C(=O)N2[C@H](C(=O)NC[C@@H]3CCCO3)COC23CCN(C(=O)c2cccc(C)c2)CC3)cc1. The van der Waals surface area contributed by atoms with E-state index in [4.69, 9.17) is 14.2 Å². The molecule has 3 aliphatic rings. The van der Waals surface area contributed by atoms with Crippen molar-refractivity contribution in [3.05, 3.63) is 65.2 Å². The molecule has 0 aliphatic carbocycles. The fourth-order valence-electron chi connectivity index (χ4n) is 5.60. The van der Waals surface area contributed by atoms with Crippen LogP contribution in [-0.2, 0) is 14.3 Å². The molecule has 2 aromatic rings. The van der Waals surface area contributed by atoms with Crippen LogP contribution >= 0.6 is 0 Å². The molecule has 202 valence electrons. The minimum absolute atomic E-state index is 0.00292. The lowest BCUT2D eigenvalue weighted by atomic mass is 9.96. The van der Waals surface area contributed by atoms with E-state index in [1.807, 2.05) is 31.2 Å². The average Bonchev–Trinajstić information content (AvgIpc) is 3.60. The van der Waals surface area contributed by atoms with E-state index in [9.17, 15) is 14.4 Å². The zero-order chi connectivity index (χ0) is 26.7. The molecule has 5 rings (SSSR count).